The molecule has 2 aromatic heterocycles. The zero-order valence-electron chi connectivity index (χ0n) is 22.5. The van der Waals surface area contributed by atoms with Crippen LogP contribution in [0.3, 0.4) is 0 Å². The summed E-state index contributed by atoms with van der Waals surface area (Å²) in [6.07, 6.45) is 0.981. The van der Waals surface area contributed by atoms with Crippen LogP contribution >= 0.6 is 0 Å². The predicted octanol–water partition coefficient (Wildman–Crippen LogP) is -0.381. The SMILES string of the molecule is CCC(C)C(Nc1nc(OC)nc(OC)n1)C(=O)NCC(=O)N1c2ccccc2C[C@H]1C(=O)NCc1nn[nH]n1. The zero-order valence-corrected chi connectivity index (χ0v) is 22.5. The maximum absolute atomic E-state index is 13.5. The van der Waals surface area contributed by atoms with Crippen LogP contribution in [0.2, 0.25) is 0 Å². The van der Waals surface area contributed by atoms with Crippen molar-refractivity contribution in [2.75, 3.05) is 31.0 Å². The Hall–Kier alpha value is -4.89. The first kappa shape index (κ1) is 28.1. The first-order valence-corrected chi connectivity index (χ1v) is 12.6. The van der Waals surface area contributed by atoms with Gasteiger partial charge < -0.3 is 25.4 Å². The predicted molar refractivity (Wildman–Crippen MR) is 140 cm³/mol. The van der Waals surface area contributed by atoms with Crippen LogP contribution < -0.4 is 30.3 Å². The van der Waals surface area contributed by atoms with Crippen LogP contribution in [0.5, 0.6) is 12.0 Å². The van der Waals surface area contributed by atoms with Crippen molar-refractivity contribution in [1.82, 2.24) is 46.2 Å². The lowest BCUT2D eigenvalue weighted by Gasteiger charge is -2.26. The number of rotatable bonds is 12. The molecular formula is C24H31N11O5. The minimum atomic E-state index is -0.803. The molecule has 40 heavy (non-hydrogen) atoms. The van der Waals surface area contributed by atoms with Gasteiger partial charge in [0, 0.05) is 12.1 Å². The van der Waals surface area contributed by atoms with Gasteiger partial charge in [-0.25, -0.2) is 0 Å². The highest BCUT2D eigenvalue weighted by Gasteiger charge is 2.38. The van der Waals surface area contributed by atoms with Gasteiger partial charge in [0.2, 0.25) is 23.7 Å². The maximum atomic E-state index is 13.5. The molecule has 0 aliphatic carbocycles. The van der Waals surface area contributed by atoms with Gasteiger partial charge in [0.05, 0.1) is 27.3 Å². The number of methoxy groups -OCH3 is 2. The van der Waals surface area contributed by atoms with Gasteiger partial charge in [0.15, 0.2) is 5.82 Å². The summed E-state index contributed by atoms with van der Waals surface area (Å²) in [7, 11) is 2.80. The molecule has 4 N–H and O–H groups in total. The Morgan fingerprint density at radius 1 is 1.10 bits per heavy atom. The van der Waals surface area contributed by atoms with Crippen LogP contribution in [0, 0.1) is 5.92 Å². The van der Waals surface area contributed by atoms with E-state index in [9.17, 15) is 14.4 Å². The van der Waals surface area contributed by atoms with E-state index in [1.807, 2.05) is 26.0 Å². The van der Waals surface area contributed by atoms with Gasteiger partial charge in [0.25, 0.3) is 0 Å². The molecule has 0 spiro atoms. The minimum Gasteiger partial charge on any atom is -0.467 e. The quantitative estimate of drug-likeness (QED) is 0.227. The van der Waals surface area contributed by atoms with Gasteiger partial charge >= 0.3 is 12.0 Å². The summed E-state index contributed by atoms with van der Waals surface area (Å²) in [5, 5.41) is 21.9. The summed E-state index contributed by atoms with van der Waals surface area (Å²) in [5.41, 5.74) is 1.46. The summed E-state index contributed by atoms with van der Waals surface area (Å²) in [6, 6.07) is 5.71. The number of amides is 3. The standard InChI is InChI=1S/C24H31N11O5/c1-5-13(2)19(27-22-28-23(39-3)30-24(29-22)40-4)21(38)26-12-18(36)35-15-9-7-6-8-14(15)10-16(35)20(37)25-11-17-31-33-34-32-17/h6-9,13,16,19H,5,10-12H2,1-4H3,(H,25,37)(H,26,38)(H,27,28,29,30)(H,31,32,33,34)/t13?,16-,19?/m0/s1. The molecule has 1 aromatic carbocycles. The minimum absolute atomic E-state index is 0.0178. The molecule has 16 nitrogen and oxygen atoms in total. The number of fused-ring (bicyclic) bond motifs is 1. The molecular weight excluding hydrogens is 522 g/mol. The fourth-order valence-electron chi connectivity index (χ4n) is 4.23. The first-order valence-electron chi connectivity index (χ1n) is 12.6. The number of para-hydroxylation sites is 1. The Kier molecular flexibility index (Phi) is 8.98. The molecule has 1 aliphatic heterocycles. The van der Waals surface area contributed by atoms with Gasteiger partial charge in [-0.05, 0) is 17.5 Å². The number of carbonyl (C=O) groups excluding carboxylic acids is 3. The van der Waals surface area contributed by atoms with E-state index in [-0.39, 0.29) is 42.9 Å². The molecule has 2 unspecified atom stereocenters. The molecule has 3 atom stereocenters. The second kappa shape index (κ2) is 12.8. The van der Waals surface area contributed by atoms with Crippen LogP contribution in [0.25, 0.3) is 0 Å². The number of anilines is 2. The van der Waals surface area contributed by atoms with E-state index >= 15 is 0 Å². The molecule has 16 heteroatoms. The Bertz CT molecular complexity index is 1310. The van der Waals surface area contributed by atoms with E-state index in [0.717, 1.165) is 5.56 Å². The van der Waals surface area contributed by atoms with Gasteiger partial charge in [-0.15, -0.1) is 15.2 Å². The van der Waals surface area contributed by atoms with Gasteiger partial charge in [-0.1, -0.05) is 43.7 Å². The van der Waals surface area contributed by atoms with E-state index in [4.69, 9.17) is 9.47 Å². The fourth-order valence-corrected chi connectivity index (χ4v) is 4.23. The number of hydrogen-bond donors (Lipinski definition) is 4. The number of carbonyl (C=O) groups is 3. The second-order valence-corrected chi connectivity index (χ2v) is 9.02. The summed E-state index contributed by atoms with van der Waals surface area (Å²) in [4.78, 5) is 53.5. The Morgan fingerprint density at radius 3 is 2.48 bits per heavy atom. The molecule has 0 radical (unpaired) electrons. The van der Waals surface area contributed by atoms with E-state index in [1.165, 1.54) is 19.1 Å². The molecule has 3 amide bonds. The number of nitrogens with zero attached hydrogens (tertiary/aromatic N) is 7. The lowest BCUT2D eigenvalue weighted by atomic mass is 9.98. The summed E-state index contributed by atoms with van der Waals surface area (Å²) >= 11 is 0. The molecule has 212 valence electrons. The third-order valence-corrected chi connectivity index (χ3v) is 6.51. The molecule has 4 rings (SSSR count). The topological polar surface area (TPSA) is 202 Å². The zero-order chi connectivity index (χ0) is 28.6. The van der Waals surface area contributed by atoms with Crippen molar-refractivity contribution in [1.29, 1.82) is 0 Å². The smallest absolute Gasteiger partial charge is 0.324 e. The molecule has 0 saturated carbocycles. The maximum Gasteiger partial charge on any atom is 0.324 e. The van der Waals surface area contributed by atoms with Crippen molar-refractivity contribution in [3.63, 3.8) is 0 Å². The van der Waals surface area contributed by atoms with Crippen LogP contribution in [0.15, 0.2) is 24.3 Å². The van der Waals surface area contributed by atoms with Crippen LogP contribution in [0.4, 0.5) is 11.6 Å². The highest BCUT2D eigenvalue weighted by atomic mass is 16.5. The number of aromatic amines is 1. The summed E-state index contributed by atoms with van der Waals surface area (Å²) < 4.78 is 10.2. The summed E-state index contributed by atoms with van der Waals surface area (Å²) in [5.74, 6) is -1.01. The van der Waals surface area contributed by atoms with E-state index in [1.54, 1.807) is 12.1 Å². The summed E-state index contributed by atoms with van der Waals surface area (Å²) in [6.45, 7) is 3.54. The third kappa shape index (κ3) is 6.39. The first-order chi connectivity index (χ1) is 19.3. The molecule has 3 heterocycles. The van der Waals surface area contributed by atoms with Crippen molar-refractivity contribution in [3.05, 3.63) is 35.7 Å². The normalized spacial score (nSPS) is 15.5. The molecule has 3 aromatic rings. The number of hydrogen-bond acceptors (Lipinski definition) is 12. The van der Waals surface area contributed by atoms with E-state index in [0.29, 0.717) is 24.4 Å². The monoisotopic (exact) mass is 553 g/mol. The van der Waals surface area contributed by atoms with Crippen molar-refractivity contribution in [2.45, 2.75) is 45.3 Å². The average Bonchev–Trinajstić information content (AvgIpc) is 3.64. The molecule has 0 saturated heterocycles. The van der Waals surface area contributed by atoms with Crippen molar-refractivity contribution in [2.24, 2.45) is 5.92 Å². The number of nitrogens with one attached hydrogen (secondary N) is 4. The Labute approximate surface area is 229 Å². The van der Waals surface area contributed by atoms with Gasteiger partial charge in [0.1, 0.15) is 12.1 Å². The van der Waals surface area contributed by atoms with Crippen molar-refractivity contribution < 1.29 is 23.9 Å². The largest absolute Gasteiger partial charge is 0.467 e. The van der Waals surface area contributed by atoms with Gasteiger partial charge in [-0.2, -0.15) is 15.2 Å². The van der Waals surface area contributed by atoms with E-state index in [2.05, 4.69) is 51.5 Å². The third-order valence-electron chi connectivity index (χ3n) is 6.51. The number of H-pyrrole nitrogens is 1. The van der Waals surface area contributed by atoms with E-state index < -0.39 is 23.9 Å². The number of ether oxygens (including phenoxy) is 2. The average molecular weight is 554 g/mol. The van der Waals surface area contributed by atoms with Crippen LogP contribution in [-0.2, 0) is 27.3 Å². The number of aromatic nitrogens is 7. The highest BCUT2D eigenvalue weighted by molar-refractivity contribution is 6.05. The lowest BCUT2D eigenvalue weighted by molar-refractivity contribution is -0.127. The lowest BCUT2D eigenvalue weighted by Crippen LogP contribution is -2.52. The Morgan fingerprint density at radius 2 is 1.82 bits per heavy atom. The fraction of sp³-hybridized carbons (Fsp3) is 0.458. The van der Waals surface area contributed by atoms with Crippen molar-refractivity contribution >= 4 is 29.4 Å². The molecule has 0 bridgehead atoms. The number of tetrazole rings is 1. The second-order valence-electron chi connectivity index (χ2n) is 9.02. The van der Waals surface area contributed by atoms with Crippen LogP contribution in [0.1, 0.15) is 31.7 Å². The Balaban J connectivity index is 1.46. The van der Waals surface area contributed by atoms with Crippen LogP contribution in [-0.4, -0.2) is 86.1 Å². The highest BCUT2D eigenvalue weighted by Crippen LogP contribution is 2.32. The van der Waals surface area contributed by atoms with Gasteiger partial charge in [-0.3, -0.25) is 19.3 Å². The molecule has 0 fully saturated rings. The van der Waals surface area contributed by atoms with Crippen molar-refractivity contribution in [3.8, 4) is 12.0 Å². The molecule has 1 aliphatic rings. The number of benzene rings is 1.